The molecule has 21 heavy (non-hydrogen) atoms. The van der Waals surface area contributed by atoms with Crippen molar-refractivity contribution in [2.45, 2.75) is 26.4 Å². The number of nitrogens with zero attached hydrogens (tertiary/aromatic N) is 3. The predicted octanol–water partition coefficient (Wildman–Crippen LogP) is 3.99. The molecule has 2 rings (SSSR count). The van der Waals surface area contributed by atoms with Gasteiger partial charge in [0.2, 0.25) is 0 Å². The highest BCUT2D eigenvalue weighted by Gasteiger charge is 2.31. The van der Waals surface area contributed by atoms with Gasteiger partial charge >= 0.3 is 0 Å². The molecule has 0 radical (unpaired) electrons. The van der Waals surface area contributed by atoms with E-state index in [4.69, 9.17) is 23.2 Å². The molecule has 2 aromatic rings. The summed E-state index contributed by atoms with van der Waals surface area (Å²) in [5.41, 5.74) is 0.267. The number of rotatable bonds is 4. The summed E-state index contributed by atoms with van der Waals surface area (Å²) >= 11 is 12.1. The minimum absolute atomic E-state index is 0.0148. The molecular formula is C15H17Cl2N3O. The lowest BCUT2D eigenvalue weighted by Crippen LogP contribution is -2.35. The Balaban J connectivity index is 2.57. The van der Waals surface area contributed by atoms with E-state index < -0.39 is 5.60 Å². The Morgan fingerprint density at radius 2 is 2.10 bits per heavy atom. The monoisotopic (exact) mass is 325 g/mol. The molecule has 0 aliphatic heterocycles. The van der Waals surface area contributed by atoms with Crippen LogP contribution in [0.5, 0.6) is 0 Å². The zero-order chi connectivity index (χ0) is 15.6. The van der Waals surface area contributed by atoms with Gasteiger partial charge in [-0.1, -0.05) is 43.1 Å². The van der Waals surface area contributed by atoms with Gasteiger partial charge in [0, 0.05) is 10.0 Å². The minimum Gasteiger partial charge on any atom is -0.384 e. The Morgan fingerprint density at radius 1 is 1.38 bits per heavy atom. The van der Waals surface area contributed by atoms with E-state index in [2.05, 4.69) is 10.1 Å². The summed E-state index contributed by atoms with van der Waals surface area (Å²) in [7, 11) is 0. The maximum absolute atomic E-state index is 10.8. The average molecular weight is 326 g/mol. The number of benzene rings is 1. The maximum atomic E-state index is 10.8. The van der Waals surface area contributed by atoms with Gasteiger partial charge in [0.1, 0.15) is 18.3 Å². The molecule has 1 aromatic heterocycles. The van der Waals surface area contributed by atoms with E-state index in [0.717, 1.165) is 5.56 Å². The third kappa shape index (κ3) is 3.46. The lowest BCUT2D eigenvalue weighted by atomic mass is 9.88. The van der Waals surface area contributed by atoms with Crippen molar-refractivity contribution in [3.63, 3.8) is 0 Å². The Labute approximate surface area is 134 Å². The lowest BCUT2D eigenvalue weighted by molar-refractivity contribution is 0.0672. The number of hydrogen-bond donors (Lipinski definition) is 1. The summed E-state index contributed by atoms with van der Waals surface area (Å²) in [6.45, 7) is 5.62. The van der Waals surface area contributed by atoms with Crippen molar-refractivity contribution in [2.75, 3.05) is 0 Å². The highest BCUT2D eigenvalue weighted by molar-refractivity contribution is 6.35. The highest BCUT2D eigenvalue weighted by atomic mass is 35.5. The largest absolute Gasteiger partial charge is 0.384 e. The summed E-state index contributed by atoms with van der Waals surface area (Å²) in [5, 5.41) is 16.0. The van der Waals surface area contributed by atoms with E-state index in [1.807, 2.05) is 13.8 Å². The van der Waals surface area contributed by atoms with Gasteiger partial charge in [-0.05, 0) is 36.6 Å². The highest BCUT2D eigenvalue weighted by Crippen LogP contribution is 2.32. The van der Waals surface area contributed by atoms with Crippen molar-refractivity contribution in [3.8, 4) is 0 Å². The molecule has 0 aliphatic carbocycles. The topological polar surface area (TPSA) is 50.9 Å². The van der Waals surface area contributed by atoms with Crippen molar-refractivity contribution >= 4 is 35.0 Å². The Bertz CT molecular complexity index is 649. The molecule has 0 bridgehead atoms. The molecular weight excluding hydrogens is 309 g/mol. The fourth-order valence-electron chi connectivity index (χ4n) is 1.84. The van der Waals surface area contributed by atoms with Crippen molar-refractivity contribution in [2.24, 2.45) is 5.92 Å². The number of aliphatic hydroxyl groups is 1. The summed E-state index contributed by atoms with van der Waals surface area (Å²) in [5.74, 6) is -0.0148. The van der Waals surface area contributed by atoms with E-state index in [1.54, 1.807) is 42.2 Å². The number of halogens is 2. The summed E-state index contributed by atoms with van der Waals surface area (Å²) in [6, 6.07) is 5.22. The molecule has 1 atom stereocenters. The van der Waals surface area contributed by atoms with Crippen LogP contribution < -0.4 is 0 Å². The molecule has 1 heterocycles. The molecule has 4 nitrogen and oxygen atoms in total. The van der Waals surface area contributed by atoms with Crippen molar-refractivity contribution in [1.82, 2.24) is 14.8 Å². The third-order valence-electron chi connectivity index (χ3n) is 3.56. The Hall–Kier alpha value is -1.36. The van der Waals surface area contributed by atoms with E-state index in [-0.39, 0.29) is 5.92 Å². The molecule has 0 fully saturated rings. The molecule has 112 valence electrons. The van der Waals surface area contributed by atoms with Crippen LogP contribution >= 0.6 is 23.2 Å². The zero-order valence-electron chi connectivity index (χ0n) is 12.1. The van der Waals surface area contributed by atoms with E-state index >= 15 is 0 Å². The Kier molecular flexibility index (Phi) is 4.71. The minimum atomic E-state index is -1.09. The molecule has 0 saturated carbocycles. The average Bonchev–Trinajstić information content (AvgIpc) is 2.90. The zero-order valence-corrected chi connectivity index (χ0v) is 13.6. The molecule has 6 heteroatoms. The summed E-state index contributed by atoms with van der Waals surface area (Å²) in [4.78, 5) is 3.94. The van der Waals surface area contributed by atoms with E-state index in [0.29, 0.717) is 15.7 Å². The second kappa shape index (κ2) is 6.18. The standard InChI is InChI=1S/C15H17Cl2N3O/c1-10(2)15(3,21)14(20-9-18-8-19-20)6-11-4-5-12(16)7-13(11)17/h4-10,21H,1-3H3. The van der Waals surface area contributed by atoms with E-state index in [9.17, 15) is 5.11 Å². The van der Waals surface area contributed by atoms with Crippen LogP contribution in [0, 0.1) is 5.92 Å². The number of hydrogen-bond acceptors (Lipinski definition) is 3. The van der Waals surface area contributed by atoms with Crippen LogP contribution in [0.4, 0.5) is 0 Å². The van der Waals surface area contributed by atoms with Gasteiger partial charge in [-0.2, -0.15) is 5.10 Å². The SMILES string of the molecule is CC(C)C(C)(O)C(=Cc1ccc(Cl)cc1Cl)n1cncn1. The van der Waals surface area contributed by atoms with Crippen LogP contribution in [0.1, 0.15) is 26.3 Å². The van der Waals surface area contributed by atoms with Gasteiger partial charge in [0.25, 0.3) is 0 Å². The molecule has 1 aromatic carbocycles. The summed E-state index contributed by atoms with van der Waals surface area (Å²) in [6.07, 6.45) is 4.77. The van der Waals surface area contributed by atoms with Crippen LogP contribution in [0.3, 0.4) is 0 Å². The first-order valence-electron chi connectivity index (χ1n) is 6.57. The first kappa shape index (κ1) is 16.0. The maximum Gasteiger partial charge on any atom is 0.138 e. The van der Waals surface area contributed by atoms with Gasteiger partial charge in [-0.25, -0.2) is 9.67 Å². The first-order chi connectivity index (χ1) is 9.82. The lowest BCUT2D eigenvalue weighted by Gasteiger charge is -2.30. The van der Waals surface area contributed by atoms with Gasteiger partial charge in [-0.15, -0.1) is 0 Å². The molecule has 0 spiro atoms. The number of aromatic nitrogens is 3. The van der Waals surface area contributed by atoms with Crippen molar-refractivity contribution < 1.29 is 5.11 Å². The Morgan fingerprint density at radius 3 is 2.62 bits per heavy atom. The molecule has 0 aliphatic rings. The van der Waals surface area contributed by atoms with Gasteiger partial charge < -0.3 is 5.11 Å². The molecule has 1 unspecified atom stereocenters. The van der Waals surface area contributed by atoms with Crippen LogP contribution in [0.2, 0.25) is 10.0 Å². The smallest absolute Gasteiger partial charge is 0.138 e. The second-order valence-corrected chi connectivity index (χ2v) is 6.18. The fraction of sp³-hybridized carbons (Fsp3) is 0.333. The third-order valence-corrected chi connectivity index (χ3v) is 4.13. The predicted molar refractivity (Wildman–Crippen MR) is 86.1 cm³/mol. The van der Waals surface area contributed by atoms with Crippen LogP contribution in [-0.4, -0.2) is 25.5 Å². The second-order valence-electron chi connectivity index (χ2n) is 5.34. The van der Waals surface area contributed by atoms with Crippen molar-refractivity contribution in [1.29, 1.82) is 0 Å². The van der Waals surface area contributed by atoms with Crippen LogP contribution in [0.15, 0.2) is 30.9 Å². The summed E-state index contributed by atoms with van der Waals surface area (Å²) < 4.78 is 1.55. The quantitative estimate of drug-likeness (QED) is 0.924. The molecule has 1 N–H and O–H groups in total. The van der Waals surface area contributed by atoms with Crippen molar-refractivity contribution in [3.05, 3.63) is 46.5 Å². The van der Waals surface area contributed by atoms with Gasteiger partial charge in [-0.3, -0.25) is 0 Å². The van der Waals surface area contributed by atoms with Crippen LogP contribution in [0.25, 0.3) is 11.8 Å². The first-order valence-corrected chi connectivity index (χ1v) is 7.32. The van der Waals surface area contributed by atoms with Crippen LogP contribution in [-0.2, 0) is 0 Å². The van der Waals surface area contributed by atoms with Gasteiger partial charge in [0.05, 0.1) is 5.70 Å². The molecule has 0 amide bonds. The fourth-order valence-corrected chi connectivity index (χ4v) is 2.30. The van der Waals surface area contributed by atoms with E-state index in [1.165, 1.54) is 6.33 Å². The normalized spacial score (nSPS) is 15.3. The molecule has 0 saturated heterocycles. The van der Waals surface area contributed by atoms with Gasteiger partial charge in [0.15, 0.2) is 0 Å².